The Hall–Kier alpha value is 1.64. The summed E-state index contributed by atoms with van der Waals surface area (Å²) in [6, 6.07) is 0. The minimum atomic E-state index is 0. The van der Waals surface area contributed by atoms with Crippen molar-refractivity contribution in [2.24, 2.45) is 0 Å². The van der Waals surface area contributed by atoms with Crippen molar-refractivity contribution in [1.29, 1.82) is 0 Å². The van der Waals surface area contributed by atoms with Gasteiger partial charge < -0.3 is 0 Å². The quantitative estimate of drug-likeness (QED) is 0.462. The molecule has 0 spiro atoms. The summed E-state index contributed by atoms with van der Waals surface area (Å²) in [5.41, 5.74) is 0. The van der Waals surface area contributed by atoms with Gasteiger partial charge in [0, 0.05) is 42.5 Å². The molecule has 0 aliphatic carbocycles. The summed E-state index contributed by atoms with van der Waals surface area (Å²) in [7, 11) is 0. The largest absolute Gasteiger partial charge is 0.295 e. The van der Waals surface area contributed by atoms with Crippen LogP contribution in [0.2, 0.25) is 0 Å². The van der Waals surface area contributed by atoms with Gasteiger partial charge in [-0.3, -0.25) is 4.66 Å². The van der Waals surface area contributed by atoms with Crippen LogP contribution in [0.3, 0.4) is 0 Å². The van der Waals surface area contributed by atoms with E-state index in [4.69, 9.17) is 4.66 Å². The zero-order chi connectivity index (χ0) is 2.00. The standard InChI is InChI=1S/ClHO.Mg.Zn/c1-2;;/h2H;;. The average molecular weight is 142 g/mol. The number of hydrogen-bond donors (Lipinski definition) is 1. The third-order valence-corrected chi connectivity index (χ3v) is 0. The summed E-state index contributed by atoms with van der Waals surface area (Å²) in [4.78, 5) is 0. The monoisotopic (exact) mass is 140 g/mol. The third kappa shape index (κ3) is 9.43. The number of hydrogen-bond acceptors (Lipinski definition) is 1. The molecule has 0 aromatic carbocycles. The Morgan fingerprint density at radius 1 is 1.25 bits per heavy atom. The van der Waals surface area contributed by atoms with Crippen molar-refractivity contribution in [3.63, 3.8) is 0 Å². The predicted molar refractivity (Wildman–Crippen MR) is 13.8 cm³/mol. The van der Waals surface area contributed by atoms with E-state index in [1.54, 1.807) is 0 Å². The molecule has 4 heteroatoms. The van der Waals surface area contributed by atoms with Gasteiger partial charge in [-0.2, -0.15) is 0 Å². The predicted octanol–water partition coefficient (Wildman–Crippen LogP) is -0.251. The van der Waals surface area contributed by atoms with E-state index >= 15 is 0 Å². The van der Waals surface area contributed by atoms with E-state index in [9.17, 15) is 0 Å². The SMILES string of the molecule is OCl.[Mg].[Zn]. The Morgan fingerprint density at radius 3 is 1.25 bits per heavy atom. The Balaban J connectivity index is -0.00000000500. The Kier molecular flexibility index (Phi) is 99.6. The average Bonchev–Trinajstić information content (AvgIpc) is 1.00. The molecule has 0 rings (SSSR count). The van der Waals surface area contributed by atoms with Crippen LogP contribution in [0.25, 0.3) is 0 Å². The molecule has 0 aliphatic rings. The minimum absolute atomic E-state index is 0. The molecule has 4 heavy (non-hydrogen) atoms. The van der Waals surface area contributed by atoms with Crippen molar-refractivity contribution < 1.29 is 24.1 Å². The molecule has 0 bridgehead atoms. The summed E-state index contributed by atoms with van der Waals surface area (Å²) in [5.74, 6) is 0. The van der Waals surface area contributed by atoms with E-state index in [1.807, 2.05) is 0 Å². The van der Waals surface area contributed by atoms with E-state index in [0.717, 1.165) is 0 Å². The van der Waals surface area contributed by atoms with Crippen LogP contribution in [0, 0.1) is 0 Å². The summed E-state index contributed by atoms with van der Waals surface area (Å²) in [5, 5.41) is 0. The molecule has 0 atom stereocenters. The summed E-state index contributed by atoms with van der Waals surface area (Å²) < 4.78 is 6.47. The topological polar surface area (TPSA) is 20.2 Å². The summed E-state index contributed by atoms with van der Waals surface area (Å²) >= 11 is 3.64. The van der Waals surface area contributed by atoms with Crippen LogP contribution < -0.4 is 0 Å². The van der Waals surface area contributed by atoms with Crippen LogP contribution >= 0.6 is 11.9 Å². The van der Waals surface area contributed by atoms with Gasteiger partial charge in [0.25, 0.3) is 0 Å². The van der Waals surface area contributed by atoms with Crippen LogP contribution in [-0.2, 0) is 19.5 Å². The van der Waals surface area contributed by atoms with Crippen molar-refractivity contribution in [2.75, 3.05) is 0 Å². The molecule has 0 aromatic rings. The Bertz CT molecular complexity index is 8.00. The third-order valence-electron chi connectivity index (χ3n) is 0. The molecule has 0 unspecified atom stereocenters. The van der Waals surface area contributed by atoms with Gasteiger partial charge in [-0.15, -0.1) is 0 Å². The zero-order valence-corrected chi connectivity index (χ0v) is 7.38. The first-order chi connectivity index (χ1) is 1.00. The molecule has 0 aromatic heterocycles. The van der Waals surface area contributed by atoms with E-state index < -0.39 is 0 Å². The fourth-order valence-corrected chi connectivity index (χ4v) is 0. The first kappa shape index (κ1) is 17.4. The first-order valence-electron chi connectivity index (χ1n) is 0.169. The van der Waals surface area contributed by atoms with Gasteiger partial charge in [0.05, 0.1) is 11.9 Å². The molecular weight excluding hydrogens is 141 g/mol. The molecule has 0 saturated carbocycles. The fraction of sp³-hybridized carbons (Fsp3) is 0. The van der Waals surface area contributed by atoms with Gasteiger partial charge in [0.1, 0.15) is 0 Å². The molecule has 0 aliphatic heterocycles. The normalized spacial score (nSPS) is 1.50. The summed E-state index contributed by atoms with van der Waals surface area (Å²) in [6.45, 7) is 0. The second kappa shape index (κ2) is 22.9. The second-order valence-electron chi connectivity index (χ2n) is 0. The van der Waals surface area contributed by atoms with Gasteiger partial charge in [-0.1, -0.05) is 0 Å². The van der Waals surface area contributed by atoms with E-state index in [2.05, 4.69) is 11.9 Å². The number of rotatable bonds is 0. The fourth-order valence-electron chi connectivity index (χ4n) is 0. The van der Waals surface area contributed by atoms with E-state index in [1.165, 1.54) is 0 Å². The Morgan fingerprint density at radius 2 is 1.25 bits per heavy atom. The minimum Gasteiger partial charge on any atom is -0.295 e. The van der Waals surface area contributed by atoms with Crippen LogP contribution in [0.1, 0.15) is 0 Å². The van der Waals surface area contributed by atoms with Gasteiger partial charge in [-0.25, -0.2) is 0 Å². The summed E-state index contributed by atoms with van der Waals surface area (Å²) in [6.07, 6.45) is 0. The maximum absolute atomic E-state index is 6.47. The molecule has 0 saturated heterocycles. The first-order valence-corrected chi connectivity index (χ1v) is 0.507. The molecule has 18 valence electrons. The Labute approximate surface area is 58.8 Å². The molecule has 0 amide bonds. The van der Waals surface area contributed by atoms with Crippen molar-refractivity contribution in [3.8, 4) is 0 Å². The molecule has 0 heterocycles. The molecule has 2 radical (unpaired) electrons. The van der Waals surface area contributed by atoms with Crippen LogP contribution in [0.5, 0.6) is 0 Å². The van der Waals surface area contributed by atoms with E-state index in [-0.39, 0.29) is 42.5 Å². The molecule has 0 fully saturated rings. The molecular formula is HClMgOZn. The van der Waals surface area contributed by atoms with Crippen LogP contribution in [0.4, 0.5) is 0 Å². The maximum Gasteiger partial charge on any atom is 0.0579 e. The molecule has 1 nitrogen and oxygen atoms in total. The van der Waals surface area contributed by atoms with Gasteiger partial charge >= 0.3 is 0 Å². The van der Waals surface area contributed by atoms with Crippen LogP contribution in [-0.4, -0.2) is 27.7 Å². The van der Waals surface area contributed by atoms with Crippen molar-refractivity contribution in [3.05, 3.63) is 0 Å². The van der Waals surface area contributed by atoms with Crippen molar-refractivity contribution in [1.82, 2.24) is 0 Å². The number of halogens is 1. The van der Waals surface area contributed by atoms with Crippen molar-refractivity contribution in [2.45, 2.75) is 0 Å². The van der Waals surface area contributed by atoms with Crippen molar-refractivity contribution >= 4 is 34.9 Å². The van der Waals surface area contributed by atoms with Gasteiger partial charge in [0.15, 0.2) is 0 Å². The second-order valence-corrected chi connectivity index (χ2v) is 0. The maximum atomic E-state index is 6.47. The van der Waals surface area contributed by atoms with Gasteiger partial charge in [0.2, 0.25) is 0 Å². The molecule has 1 N–H and O–H groups in total. The smallest absolute Gasteiger partial charge is 0.0579 e. The van der Waals surface area contributed by atoms with Crippen LogP contribution in [0.15, 0.2) is 0 Å². The van der Waals surface area contributed by atoms with E-state index in [0.29, 0.717) is 0 Å². The van der Waals surface area contributed by atoms with Gasteiger partial charge in [-0.05, 0) is 0 Å². The zero-order valence-electron chi connectivity index (χ0n) is 2.24.